The molecule has 4 nitrogen and oxygen atoms in total. The molecule has 7 rings (SSSR count). The maximum atomic E-state index is 15.2. The summed E-state index contributed by atoms with van der Waals surface area (Å²) in [6.45, 7) is 2.15. The Labute approximate surface area is 195 Å². The number of pyridine rings is 1. The fourth-order valence-electron chi connectivity index (χ4n) is 7.23. The Morgan fingerprint density at radius 2 is 1.88 bits per heavy atom. The molecular formula is C28H32FN3O. The lowest BCUT2D eigenvalue weighted by Crippen LogP contribution is -2.40. The fourth-order valence-corrected chi connectivity index (χ4v) is 7.23. The van der Waals surface area contributed by atoms with E-state index in [2.05, 4.69) is 27.3 Å². The van der Waals surface area contributed by atoms with E-state index in [4.69, 9.17) is 0 Å². The van der Waals surface area contributed by atoms with Gasteiger partial charge in [0.15, 0.2) is 0 Å². The topological polar surface area (TPSA) is 45.2 Å². The molecule has 2 aromatic rings. The van der Waals surface area contributed by atoms with E-state index in [-0.39, 0.29) is 17.8 Å². The highest BCUT2D eigenvalue weighted by Crippen LogP contribution is 2.54. The summed E-state index contributed by atoms with van der Waals surface area (Å²) in [5.74, 6) is 2.82. The Morgan fingerprint density at radius 3 is 2.73 bits per heavy atom. The average Bonchev–Trinajstić information content (AvgIpc) is 3.56. The van der Waals surface area contributed by atoms with Crippen LogP contribution in [-0.2, 0) is 19.3 Å². The third kappa shape index (κ3) is 3.55. The first-order valence-corrected chi connectivity index (χ1v) is 13.0. The average molecular weight is 446 g/mol. The monoisotopic (exact) mass is 445 g/mol. The molecule has 172 valence electrons. The lowest BCUT2D eigenvalue weighted by atomic mass is 9.86. The largest absolute Gasteiger partial charge is 0.371 e. The molecule has 3 fully saturated rings. The molecule has 0 spiro atoms. The van der Waals surface area contributed by atoms with Crippen LogP contribution in [0.25, 0.3) is 0 Å². The molecule has 1 aliphatic heterocycles. The number of nitrogens with zero attached hydrogens (tertiary/aromatic N) is 2. The molecule has 2 saturated carbocycles. The second kappa shape index (κ2) is 7.54. The van der Waals surface area contributed by atoms with E-state index in [1.807, 2.05) is 0 Å². The second-order valence-corrected chi connectivity index (χ2v) is 11.3. The number of rotatable bonds is 3. The van der Waals surface area contributed by atoms with Gasteiger partial charge in [-0.2, -0.15) is 0 Å². The highest BCUT2D eigenvalue weighted by atomic mass is 19.1. The molecule has 2 bridgehead atoms. The maximum Gasteiger partial charge on any atom is 0.253 e. The van der Waals surface area contributed by atoms with Gasteiger partial charge in [0, 0.05) is 36.7 Å². The second-order valence-electron chi connectivity index (χ2n) is 11.3. The molecular weight excluding hydrogens is 413 g/mol. The van der Waals surface area contributed by atoms with Crippen LogP contribution in [0, 0.1) is 23.6 Å². The minimum absolute atomic E-state index is 0.0270. The van der Waals surface area contributed by atoms with Crippen molar-refractivity contribution in [1.29, 1.82) is 0 Å². The van der Waals surface area contributed by atoms with Gasteiger partial charge in [0.1, 0.15) is 5.82 Å². The van der Waals surface area contributed by atoms with Crippen molar-refractivity contribution in [2.75, 3.05) is 18.0 Å². The van der Waals surface area contributed by atoms with E-state index in [9.17, 15) is 4.79 Å². The Bertz CT molecular complexity index is 1120. The summed E-state index contributed by atoms with van der Waals surface area (Å²) < 4.78 is 15.2. The smallest absolute Gasteiger partial charge is 0.253 e. The normalized spacial score (nSPS) is 31.4. The molecule has 5 heteroatoms. The molecule has 1 N–H and O–H groups in total. The maximum absolute atomic E-state index is 15.2. The van der Waals surface area contributed by atoms with Crippen LogP contribution in [-0.4, -0.2) is 30.0 Å². The zero-order valence-electron chi connectivity index (χ0n) is 19.2. The first-order valence-electron chi connectivity index (χ1n) is 13.0. The highest BCUT2D eigenvalue weighted by molar-refractivity contribution is 5.94. The first kappa shape index (κ1) is 20.0. The molecule has 4 aliphatic carbocycles. The lowest BCUT2D eigenvalue weighted by molar-refractivity contribution is 0.0933. The molecule has 2 unspecified atom stereocenters. The molecule has 1 aromatic carbocycles. The van der Waals surface area contributed by atoms with Crippen LogP contribution in [0.5, 0.6) is 0 Å². The van der Waals surface area contributed by atoms with Gasteiger partial charge in [0.05, 0.1) is 5.56 Å². The van der Waals surface area contributed by atoms with E-state index >= 15 is 4.39 Å². The molecule has 1 amide bonds. The molecule has 1 aromatic heterocycles. The van der Waals surface area contributed by atoms with Gasteiger partial charge in [-0.1, -0.05) is 0 Å². The zero-order chi connectivity index (χ0) is 22.1. The number of piperidine rings is 1. The lowest BCUT2D eigenvalue weighted by Gasteiger charge is -2.35. The molecule has 2 heterocycles. The zero-order valence-corrected chi connectivity index (χ0v) is 19.2. The molecule has 33 heavy (non-hydrogen) atoms. The van der Waals surface area contributed by atoms with Gasteiger partial charge in [-0.3, -0.25) is 9.78 Å². The van der Waals surface area contributed by atoms with Gasteiger partial charge in [0.2, 0.25) is 0 Å². The van der Waals surface area contributed by atoms with Crippen molar-refractivity contribution in [3.05, 3.63) is 58.2 Å². The quantitative estimate of drug-likeness (QED) is 0.739. The van der Waals surface area contributed by atoms with Gasteiger partial charge in [-0.25, -0.2) is 4.39 Å². The number of hydrogen-bond donors (Lipinski definition) is 1. The number of carbonyl (C=O) groups excluding carboxylic acids is 1. The Balaban J connectivity index is 1.06. The summed E-state index contributed by atoms with van der Waals surface area (Å²) in [5, 5.41) is 3.18. The van der Waals surface area contributed by atoms with Crippen LogP contribution < -0.4 is 10.2 Å². The van der Waals surface area contributed by atoms with Crippen molar-refractivity contribution < 1.29 is 9.18 Å². The van der Waals surface area contributed by atoms with E-state index in [0.29, 0.717) is 17.9 Å². The predicted molar refractivity (Wildman–Crippen MR) is 126 cm³/mol. The van der Waals surface area contributed by atoms with Gasteiger partial charge >= 0.3 is 0 Å². The summed E-state index contributed by atoms with van der Waals surface area (Å²) in [4.78, 5) is 20.0. The van der Waals surface area contributed by atoms with Gasteiger partial charge in [-0.15, -0.1) is 0 Å². The fraction of sp³-hybridized carbons (Fsp3) is 0.571. The van der Waals surface area contributed by atoms with Crippen LogP contribution in [0.15, 0.2) is 24.4 Å². The SMILES string of the molecule is O=C(N[C@@H]1CCc2cc(N3CC4CCC(C4)C3)cc(F)c2C1)c1cnc2c(c1)[C@@H]1C[C@@H]1CC2. The number of benzene rings is 1. The Hall–Kier alpha value is -2.43. The number of carbonyl (C=O) groups is 1. The number of aryl methyl sites for hydroxylation is 2. The first-order chi connectivity index (χ1) is 16.1. The third-order valence-corrected chi connectivity index (χ3v) is 9.13. The minimum atomic E-state index is -0.102. The van der Waals surface area contributed by atoms with E-state index in [0.717, 1.165) is 66.9 Å². The van der Waals surface area contributed by atoms with Gasteiger partial charge < -0.3 is 10.2 Å². The predicted octanol–water partition coefficient (Wildman–Crippen LogP) is 4.79. The summed E-state index contributed by atoms with van der Waals surface area (Å²) >= 11 is 0. The van der Waals surface area contributed by atoms with Crippen LogP contribution in [0.3, 0.4) is 0 Å². The highest BCUT2D eigenvalue weighted by Gasteiger charge is 2.43. The summed E-state index contributed by atoms with van der Waals surface area (Å²) in [6.07, 6.45) is 11.5. The van der Waals surface area contributed by atoms with E-state index in [1.165, 1.54) is 43.4 Å². The molecule has 5 aliphatic rings. The third-order valence-electron chi connectivity index (χ3n) is 9.13. The van der Waals surface area contributed by atoms with Crippen LogP contribution in [0.1, 0.15) is 77.2 Å². The molecule has 5 atom stereocenters. The van der Waals surface area contributed by atoms with Gasteiger partial charge in [0.25, 0.3) is 5.91 Å². The van der Waals surface area contributed by atoms with Crippen molar-refractivity contribution in [1.82, 2.24) is 10.3 Å². The standard InChI is InChI=1S/C28H32FN3O/c29-26-12-22(32-14-16-1-2-17(7-16)15-32)8-18-3-5-21(11-24(18)26)31-28(33)20-10-25-23-9-19(23)4-6-27(25)30-13-20/h8,10,12-13,16-17,19,21,23H,1-7,9,11,14-15H2,(H,31,33)/t16?,17?,19-,21+,23+/m0/s1. The Kier molecular flexibility index (Phi) is 4.57. The van der Waals surface area contributed by atoms with Crippen molar-refractivity contribution in [2.24, 2.45) is 17.8 Å². The number of anilines is 1. The summed E-state index contributed by atoms with van der Waals surface area (Å²) in [6, 6.07) is 6.01. The number of halogens is 1. The van der Waals surface area contributed by atoms with Crippen LogP contribution in [0.4, 0.5) is 10.1 Å². The van der Waals surface area contributed by atoms with Crippen LogP contribution >= 0.6 is 0 Å². The number of fused-ring (bicyclic) bond motifs is 6. The molecule has 0 radical (unpaired) electrons. The van der Waals surface area contributed by atoms with Crippen LogP contribution in [0.2, 0.25) is 0 Å². The Morgan fingerprint density at radius 1 is 1.03 bits per heavy atom. The number of aromatic nitrogens is 1. The number of hydrogen-bond acceptors (Lipinski definition) is 3. The van der Waals surface area contributed by atoms with Gasteiger partial charge in [-0.05, 0) is 116 Å². The summed E-state index contributed by atoms with van der Waals surface area (Å²) in [5.41, 5.74) is 6.10. The van der Waals surface area contributed by atoms with Crippen molar-refractivity contribution in [3.8, 4) is 0 Å². The number of amides is 1. The van der Waals surface area contributed by atoms with Crippen molar-refractivity contribution in [3.63, 3.8) is 0 Å². The molecule has 1 saturated heterocycles. The van der Waals surface area contributed by atoms with E-state index < -0.39 is 0 Å². The minimum Gasteiger partial charge on any atom is -0.371 e. The summed E-state index contributed by atoms with van der Waals surface area (Å²) in [7, 11) is 0. The van der Waals surface area contributed by atoms with Crippen molar-refractivity contribution >= 4 is 11.6 Å². The number of nitrogens with one attached hydrogen (secondary N) is 1. The van der Waals surface area contributed by atoms with E-state index in [1.54, 1.807) is 12.3 Å². The van der Waals surface area contributed by atoms with Crippen molar-refractivity contribution in [2.45, 2.75) is 69.7 Å².